The maximum absolute atomic E-state index is 12.8. The molecule has 0 radical (unpaired) electrons. The highest BCUT2D eigenvalue weighted by Crippen LogP contribution is 2.36. The Balaban J connectivity index is 1.47. The van der Waals surface area contributed by atoms with Crippen LogP contribution in [0, 0.1) is 5.92 Å². The molecular weight excluding hydrogens is 556 g/mol. The van der Waals surface area contributed by atoms with E-state index >= 15 is 0 Å². The zero-order valence-electron chi connectivity index (χ0n) is 22.6. The average molecular weight is 588 g/mol. The van der Waals surface area contributed by atoms with Crippen LogP contribution in [-0.2, 0) is 11.3 Å². The summed E-state index contributed by atoms with van der Waals surface area (Å²) in [5, 5.41) is 4.32. The number of aromatic amines is 1. The highest BCUT2D eigenvalue weighted by atomic mass is 35.5. The lowest BCUT2D eigenvalue weighted by Crippen LogP contribution is -2.44. The van der Waals surface area contributed by atoms with Gasteiger partial charge in [-0.25, -0.2) is 23.5 Å². The molecule has 1 aliphatic carbocycles. The van der Waals surface area contributed by atoms with Crippen LogP contribution < -0.4 is 10.7 Å². The van der Waals surface area contributed by atoms with Crippen molar-refractivity contribution in [1.29, 1.82) is 0 Å². The van der Waals surface area contributed by atoms with E-state index in [4.69, 9.17) is 30.8 Å². The van der Waals surface area contributed by atoms with Gasteiger partial charge >= 0.3 is 5.76 Å². The summed E-state index contributed by atoms with van der Waals surface area (Å²) in [6.45, 7) is 2.44. The second-order valence-electron chi connectivity index (χ2n) is 10.8. The van der Waals surface area contributed by atoms with Crippen molar-refractivity contribution in [1.82, 2.24) is 29.7 Å². The Morgan fingerprint density at radius 2 is 2.00 bits per heavy atom. The number of halogens is 3. The van der Waals surface area contributed by atoms with E-state index in [1.807, 2.05) is 0 Å². The van der Waals surface area contributed by atoms with Gasteiger partial charge in [0.25, 0.3) is 0 Å². The van der Waals surface area contributed by atoms with Gasteiger partial charge in [-0.05, 0) is 43.7 Å². The molecule has 0 amide bonds. The maximum atomic E-state index is 12.8. The monoisotopic (exact) mass is 587 g/mol. The Morgan fingerprint density at radius 1 is 1.15 bits per heavy atom. The Labute approximate surface area is 240 Å². The second-order valence-corrected chi connectivity index (χ2v) is 11.3. The summed E-state index contributed by atoms with van der Waals surface area (Å²) in [4.78, 5) is 30.8. The minimum Gasteiger partial charge on any atom is -0.375 e. The average Bonchev–Trinajstić information content (AvgIpc) is 3.57. The van der Waals surface area contributed by atoms with Crippen molar-refractivity contribution >= 4 is 28.6 Å². The van der Waals surface area contributed by atoms with Crippen LogP contribution in [0.25, 0.3) is 33.8 Å². The van der Waals surface area contributed by atoms with Crippen LogP contribution in [-0.4, -0.2) is 61.9 Å². The van der Waals surface area contributed by atoms with Gasteiger partial charge in [0.2, 0.25) is 18.2 Å². The van der Waals surface area contributed by atoms with Crippen molar-refractivity contribution in [3.8, 4) is 22.8 Å². The third-order valence-electron chi connectivity index (χ3n) is 7.90. The number of anilines is 1. The van der Waals surface area contributed by atoms with E-state index in [2.05, 4.69) is 24.6 Å². The second kappa shape index (κ2) is 12.2. The molecule has 1 saturated carbocycles. The minimum atomic E-state index is -2.31. The van der Waals surface area contributed by atoms with Crippen LogP contribution in [0.3, 0.4) is 0 Å². The molecule has 0 bridgehead atoms. The van der Waals surface area contributed by atoms with Crippen molar-refractivity contribution in [2.45, 2.75) is 70.4 Å². The smallest absolute Gasteiger partial charge is 0.375 e. The molecule has 4 aromatic rings. The summed E-state index contributed by atoms with van der Waals surface area (Å²) in [6, 6.07) is 3.60. The lowest BCUT2D eigenvalue weighted by Gasteiger charge is -2.34. The first-order valence-corrected chi connectivity index (χ1v) is 14.6. The fourth-order valence-corrected chi connectivity index (χ4v) is 6.14. The van der Waals surface area contributed by atoms with E-state index in [-0.39, 0.29) is 18.3 Å². The number of hydrogen-bond acceptors (Lipinski definition) is 8. The Hall–Kier alpha value is -3.38. The Bertz CT molecular complexity index is 1550. The first-order valence-electron chi connectivity index (χ1n) is 14.2. The van der Waals surface area contributed by atoms with Gasteiger partial charge < -0.3 is 14.2 Å². The summed E-state index contributed by atoms with van der Waals surface area (Å²) in [6.07, 6.45) is 7.56. The van der Waals surface area contributed by atoms with E-state index in [0.29, 0.717) is 65.9 Å². The Kier molecular flexibility index (Phi) is 8.29. The maximum Gasteiger partial charge on any atom is 0.439 e. The molecule has 1 N–H and O–H groups in total. The zero-order chi connectivity index (χ0) is 28.3. The van der Waals surface area contributed by atoms with Gasteiger partial charge in [0.1, 0.15) is 5.69 Å². The van der Waals surface area contributed by atoms with Crippen molar-refractivity contribution in [3.05, 3.63) is 40.1 Å². The van der Waals surface area contributed by atoms with Crippen LogP contribution in [0.15, 0.2) is 33.8 Å². The quantitative estimate of drug-likeness (QED) is 0.265. The predicted octanol–water partition coefficient (Wildman–Crippen LogP) is 5.71. The van der Waals surface area contributed by atoms with Gasteiger partial charge in [0.05, 0.1) is 34.5 Å². The number of aromatic nitrogens is 6. The molecule has 6 rings (SSSR count). The number of nitrogens with one attached hydrogen (secondary N) is 1. The molecule has 13 heteroatoms. The van der Waals surface area contributed by atoms with E-state index in [0.717, 1.165) is 30.9 Å². The SMILES string of the molecule is O=c1[nH]c(-c2cc3nc(N4CCO[C@H](CCCC(F)F)C4)n(CC4CCCCC4)c3c(-c3cncc(Cl)c3)n2)no1. The number of ether oxygens (including phenoxy) is 1. The summed E-state index contributed by atoms with van der Waals surface area (Å²) in [7, 11) is 0. The molecule has 1 aliphatic heterocycles. The van der Waals surface area contributed by atoms with Crippen molar-refractivity contribution in [3.63, 3.8) is 0 Å². The zero-order valence-corrected chi connectivity index (χ0v) is 23.3. The van der Waals surface area contributed by atoms with Gasteiger partial charge in [-0.3, -0.25) is 14.5 Å². The van der Waals surface area contributed by atoms with Gasteiger partial charge in [-0.15, -0.1) is 0 Å². The molecular formula is C28H32ClF2N7O3. The highest BCUT2D eigenvalue weighted by Gasteiger charge is 2.29. The summed E-state index contributed by atoms with van der Waals surface area (Å²) < 4.78 is 38.5. The van der Waals surface area contributed by atoms with E-state index in [1.165, 1.54) is 19.3 Å². The molecule has 218 valence electrons. The number of pyridine rings is 2. The molecule has 41 heavy (non-hydrogen) atoms. The van der Waals surface area contributed by atoms with Gasteiger partial charge in [0, 0.05) is 44.0 Å². The number of imidazole rings is 1. The van der Waals surface area contributed by atoms with Crippen LogP contribution >= 0.6 is 11.6 Å². The van der Waals surface area contributed by atoms with Crippen LogP contribution in [0.2, 0.25) is 5.02 Å². The van der Waals surface area contributed by atoms with E-state index in [9.17, 15) is 13.6 Å². The normalized spacial score (nSPS) is 18.5. The molecule has 4 aromatic heterocycles. The summed E-state index contributed by atoms with van der Waals surface area (Å²) >= 11 is 6.35. The Morgan fingerprint density at radius 3 is 2.76 bits per heavy atom. The molecule has 0 aromatic carbocycles. The minimum absolute atomic E-state index is 0.129. The molecule has 1 atom stereocenters. The third-order valence-corrected chi connectivity index (χ3v) is 8.11. The van der Waals surface area contributed by atoms with Gasteiger partial charge in [0.15, 0.2) is 0 Å². The van der Waals surface area contributed by atoms with Crippen molar-refractivity contribution in [2.75, 3.05) is 24.6 Å². The van der Waals surface area contributed by atoms with Crippen molar-refractivity contribution < 1.29 is 18.0 Å². The van der Waals surface area contributed by atoms with E-state index < -0.39 is 12.2 Å². The molecule has 1 saturated heterocycles. The number of alkyl halides is 2. The fourth-order valence-electron chi connectivity index (χ4n) is 5.97. The number of H-pyrrole nitrogens is 1. The molecule has 0 unspecified atom stereocenters. The number of morpholine rings is 1. The molecule has 10 nitrogen and oxygen atoms in total. The number of rotatable bonds is 9. The predicted molar refractivity (Wildman–Crippen MR) is 150 cm³/mol. The lowest BCUT2D eigenvalue weighted by molar-refractivity contribution is 0.0290. The molecule has 0 spiro atoms. The standard InChI is InChI=1S/C28H32ClF2N7O3/c29-19-11-18(13-32-14-19)24-25-21(12-22(33-24)26-35-28(39)41-36-26)34-27(38(25)15-17-5-2-1-3-6-17)37-9-10-40-20(16-37)7-4-8-23(30)31/h11-14,17,20,23H,1-10,15-16H2,(H,35,36,39)/t20-/m1/s1. The highest BCUT2D eigenvalue weighted by molar-refractivity contribution is 6.30. The van der Waals surface area contributed by atoms with Gasteiger partial charge in [-0.2, -0.15) is 0 Å². The molecule has 2 aliphatic rings. The van der Waals surface area contributed by atoms with Crippen LogP contribution in [0.5, 0.6) is 0 Å². The first kappa shape index (κ1) is 27.8. The molecule has 2 fully saturated rings. The number of fused-ring (bicyclic) bond motifs is 1. The van der Waals surface area contributed by atoms with E-state index in [1.54, 1.807) is 24.5 Å². The largest absolute Gasteiger partial charge is 0.439 e. The fraction of sp³-hybridized carbons (Fsp3) is 0.536. The number of hydrogen-bond donors (Lipinski definition) is 1. The molecule has 5 heterocycles. The number of nitrogens with zero attached hydrogens (tertiary/aromatic N) is 6. The summed E-state index contributed by atoms with van der Waals surface area (Å²) in [5.41, 5.74) is 3.25. The van der Waals surface area contributed by atoms with Crippen LogP contribution in [0.4, 0.5) is 14.7 Å². The topological polar surface area (TPSA) is 115 Å². The third kappa shape index (κ3) is 6.28. The first-order chi connectivity index (χ1) is 19.9. The van der Waals surface area contributed by atoms with Crippen LogP contribution in [0.1, 0.15) is 51.4 Å². The lowest BCUT2D eigenvalue weighted by atomic mass is 9.89. The summed E-state index contributed by atoms with van der Waals surface area (Å²) in [5.74, 6) is 0.792. The van der Waals surface area contributed by atoms with Gasteiger partial charge in [-0.1, -0.05) is 36.0 Å². The van der Waals surface area contributed by atoms with Crippen molar-refractivity contribution in [2.24, 2.45) is 5.92 Å².